The van der Waals surface area contributed by atoms with Crippen molar-refractivity contribution < 1.29 is 9.59 Å². The number of rotatable bonds is 6. The van der Waals surface area contributed by atoms with E-state index in [4.69, 9.17) is 0 Å². The molecule has 0 saturated carbocycles. The Morgan fingerprint density at radius 2 is 1.65 bits per heavy atom. The first-order valence-corrected chi connectivity index (χ1v) is 8.72. The highest BCUT2D eigenvalue weighted by molar-refractivity contribution is 5.92. The van der Waals surface area contributed by atoms with Crippen LogP contribution in [0.1, 0.15) is 37.2 Å². The monoisotopic (exact) mass is 357 g/mol. The molecule has 0 atom stereocenters. The lowest BCUT2D eigenvalue weighted by atomic mass is 10.1. The van der Waals surface area contributed by atoms with Gasteiger partial charge in [-0.25, -0.2) is 4.79 Å². The molecule has 140 valence electrons. The van der Waals surface area contributed by atoms with Crippen LogP contribution in [0.3, 0.4) is 0 Å². The van der Waals surface area contributed by atoms with Gasteiger partial charge in [0, 0.05) is 36.6 Å². The van der Waals surface area contributed by atoms with Crippen molar-refractivity contribution >= 4 is 23.3 Å². The molecular weight excluding hydrogens is 330 g/mol. The first-order valence-electron chi connectivity index (χ1n) is 8.72. The number of carbonyl (C=O) groups is 2. The topological polar surface area (TPSA) is 88.1 Å². The summed E-state index contributed by atoms with van der Waals surface area (Å²) in [5, 5.41) is 12.7. The summed E-state index contributed by atoms with van der Waals surface area (Å²) in [6.07, 6.45) is 1.05. The molecule has 0 radical (unpaired) electrons. The Morgan fingerprint density at radius 1 is 1.08 bits per heavy atom. The summed E-state index contributed by atoms with van der Waals surface area (Å²) < 4.78 is 1.84. The quantitative estimate of drug-likeness (QED) is 0.742. The SMILES string of the molecule is Cc1nn(C)c(C)c1CCC(=O)Nc1ccc(NC(=O)NC(C)C)cc1. The Morgan fingerprint density at radius 3 is 2.15 bits per heavy atom. The summed E-state index contributed by atoms with van der Waals surface area (Å²) in [6, 6.07) is 6.86. The van der Waals surface area contributed by atoms with E-state index in [1.165, 1.54) is 0 Å². The number of anilines is 2. The van der Waals surface area contributed by atoms with Crippen LogP contribution in [0.2, 0.25) is 0 Å². The average molecular weight is 357 g/mol. The molecule has 1 aromatic heterocycles. The largest absolute Gasteiger partial charge is 0.336 e. The molecule has 3 N–H and O–H groups in total. The van der Waals surface area contributed by atoms with E-state index in [1.807, 2.05) is 39.4 Å². The van der Waals surface area contributed by atoms with Gasteiger partial charge in [0.25, 0.3) is 0 Å². The minimum Gasteiger partial charge on any atom is -0.336 e. The number of hydrogen-bond acceptors (Lipinski definition) is 3. The molecule has 2 rings (SSSR count). The third kappa shape index (κ3) is 5.34. The predicted molar refractivity (Wildman–Crippen MR) is 103 cm³/mol. The van der Waals surface area contributed by atoms with Gasteiger partial charge in [0.05, 0.1) is 5.69 Å². The Kier molecular flexibility index (Phi) is 6.38. The van der Waals surface area contributed by atoms with Gasteiger partial charge in [-0.1, -0.05) is 0 Å². The molecular formula is C19H27N5O2. The van der Waals surface area contributed by atoms with Crippen LogP contribution >= 0.6 is 0 Å². The van der Waals surface area contributed by atoms with Crippen molar-refractivity contribution in [3.05, 3.63) is 41.2 Å². The molecule has 2 aromatic rings. The van der Waals surface area contributed by atoms with Crippen LogP contribution in [0.5, 0.6) is 0 Å². The maximum absolute atomic E-state index is 12.2. The van der Waals surface area contributed by atoms with Gasteiger partial charge in [-0.05, 0) is 63.9 Å². The molecule has 0 unspecified atom stereocenters. The number of amides is 3. The third-order valence-electron chi connectivity index (χ3n) is 4.11. The van der Waals surface area contributed by atoms with Crippen LogP contribution in [0.25, 0.3) is 0 Å². The van der Waals surface area contributed by atoms with Gasteiger partial charge in [0.1, 0.15) is 0 Å². The van der Waals surface area contributed by atoms with Crippen molar-refractivity contribution in [1.82, 2.24) is 15.1 Å². The second-order valence-corrected chi connectivity index (χ2v) is 6.65. The lowest BCUT2D eigenvalue weighted by Gasteiger charge is -2.11. The van der Waals surface area contributed by atoms with Gasteiger partial charge in [0.2, 0.25) is 5.91 Å². The van der Waals surface area contributed by atoms with Crippen molar-refractivity contribution in [2.75, 3.05) is 10.6 Å². The number of carbonyl (C=O) groups excluding carboxylic acids is 2. The number of hydrogen-bond donors (Lipinski definition) is 3. The highest BCUT2D eigenvalue weighted by Crippen LogP contribution is 2.16. The van der Waals surface area contributed by atoms with E-state index in [-0.39, 0.29) is 18.0 Å². The van der Waals surface area contributed by atoms with Crippen molar-refractivity contribution in [2.45, 2.75) is 46.6 Å². The fourth-order valence-electron chi connectivity index (χ4n) is 2.71. The Labute approximate surface area is 154 Å². The molecule has 0 bridgehead atoms. The third-order valence-corrected chi connectivity index (χ3v) is 4.11. The fourth-order valence-corrected chi connectivity index (χ4v) is 2.71. The van der Waals surface area contributed by atoms with Crippen LogP contribution in [0.15, 0.2) is 24.3 Å². The maximum Gasteiger partial charge on any atom is 0.319 e. The summed E-state index contributed by atoms with van der Waals surface area (Å²) >= 11 is 0. The lowest BCUT2D eigenvalue weighted by molar-refractivity contribution is -0.116. The van der Waals surface area contributed by atoms with Crippen molar-refractivity contribution in [1.29, 1.82) is 0 Å². The summed E-state index contributed by atoms with van der Waals surface area (Å²) in [5.41, 5.74) is 4.55. The summed E-state index contributed by atoms with van der Waals surface area (Å²) in [6.45, 7) is 7.76. The summed E-state index contributed by atoms with van der Waals surface area (Å²) in [7, 11) is 1.91. The molecule has 26 heavy (non-hydrogen) atoms. The number of benzene rings is 1. The Bertz CT molecular complexity index is 778. The molecule has 3 amide bonds. The second kappa shape index (κ2) is 8.51. The van der Waals surface area contributed by atoms with E-state index in [2.05, 4.69) is 21.0 Å². The molecule has 0 saturated heterocycles. The minimum atomic E-state index is -0.251. The molecule has 0 aliphatic heterocycles. The predicted octanol–water partition coefficient (Wildman–Crippen LogP) is 3.14. The van der Waals surface area contributed by atoms with Crippen LogP contribution in [0.4, 0.5) is 16.2 Å². The van der Waals surface area contributed by atoms with E-state index in [0.29, 0.717) is 24.2 Å². The Hall–Kier alpha value is -2.83. The molecule has 0 fully saturated rings. The van der Waals surface area contributed by atoms with E-state index in [1.54, 1.807) is 24.3 Å². The molecule has 7 heteroatoms. The van der Waals surface area contributed by atoms with Gasteiger partial charge in [-0.15, -0.1) is 0 Å². The molecule has 1 aromatic carbocycles. The Balaban J connectivity index is 1.86. The molecule has 0 aliphatic carbocycles. The number of nitrogens with zero attached hydrogens (tertiary/aromatic N) is 2. The van der Waals surface area contributed by atoms with Crippen LogP contribution in [0, 0.1) is 13.8 Å². The van der Waals surface area contributed by atoms with E-state index in [0.717, 1.165) is 17.0 Å². The summed E-state index contributed by atoms with van der Waals surface area (Å²) in [4.78, 5) is 23.8. The minimum absolute atomic E-state index is 0.0501. The van der Waals surface area contributed by atoms with Crippen LogP contribution in [-0.4, -0.2) is 27.8 Å². The zero-order valence-corrected chi connectivity index (χ0v) is 16.0. The van der Waals surface area contributed by atoms with Gasteiger partial charge < -0.3 is 16.0 Å². The van der Waals surface area contributed by atoms with Crippen molar-refractivity contribution in [3.63, 3.8) is 0 Å². The van der Waals surface area contributed by atoms with Crippen LogP contribution < -0.4 is 16.0 Å². The highest BCUT2D eigenvalue weighted by atomic mass is 16.2. The second-order valence-electron chi connectivity index (χ2n) is 6.65. The standard InChI is InChI=1S/C19H27N5O2/c1-12(2)20-19(26)22-16-8-6-15(7-9-16)21-18(25)11-10-17-13(3)23-24(5)14(17)4/h6-9,12H,10-11H2,1-5H3,(H,21,25)(H2,20,22,26). The van der Waals surface area contributed by atoms with Gasteiger partial charge in [0.15, 0.2) is 0 Å². The van der Waals surface area contributed by atoms with Crippen molar-refractivity contribution in [3.8, 4) is 0 Å². The lowest BCUT2D eigenvalue weighted by Crippen LogP contribution is -2.34. The normalized spacial score (nSPS) is 10.7. The molecule has 0 aliphatic rings. The highest BCUT2D eigenvalue weighted by Gasteiger charge is 2.11. The van der Waals surface area contributed by atoms with Gasteiger partial charge in [-0.2, -0.15) is 5.10 Å². The zero-order chi connectivity index (χ0) is 19.3. The first kappa shape index (κ1) is 19.5. The number of aryl methyl sites for hydroxylation is 2. The molecule has 1 heterocycles. The fraction of sp³-hybridized carbons (Fsp3) is 0.421. The molecule has 7 nitrogen and oxygen atoms in total. The van der Waals surface area contributed by atoms with Crippen LogP contribution in [-0.2, 0) is 18.3 Å². The van der Waals surface area contributed by atoms with E-state index >= 15 is 0 Å². The van der Waals surface area contributed by atoms with E-state index in [9.17, 15) is 9.59 Å². The number of urea groups is 1. The number of nitrogens with one attached hydrogen (secondary N) is 3. The van der Waals surface area contributed by atoms with Crippen molar-refractivity contribution in [2.24, 2.45) is 7.05 Å². The van der Waals surface area contributed by atoms with Gasteiger partial charge >= 0.3 is 6.03 Å². The van der Waals surface area contributed by atoms with E-state index < -0.39 is 0 Å². The smallest absolute Gasteiger partial charge is 0.319 e. The first-order chi connectivity index (χ1) is 12.3. The zero-order valence-electron chi connectivity index (χ0n) is 16.0. The summed E-state index contributed by atoms with van der Waals surface area (Å²) in [5.74, 6) is -0.0501. The van der Waals surface area contributed by atoms with Gasteiger partial charge in [-0.3, -0.25) is 9.48 Å². The maximum atomic E-state index is 12.2. The average Bonchev–Trinajstić information content (AvgIpc) is 2.79. The molecule has 0 spiro atoms. The number of aromatic nitrogens is 2.